The van der Waals surface area contributed by atoms with Gasteiger partial charge in [-0.1, -0.05) is 56.5 Å². The third kappa shape index (κ3) is 4.19. The maximum absolute atomic E-state index is 12.9. The van der Waals surface area contributed by atoms with Crippen LogP contribution in [-0.4, -0.2) is 29.2 Å². The third-order valence-electron chi connectivity index (χ3n) is 6.22. The number of nitrogens with one attached hydrogen (secondary N) is 1. The Morgan fingerprint density at radius 3 is 2.33 bits per heavy atom. The predicted octanol–water partition coefficient (Wildman–Crippen LogP) is 4.08. The summed E-state index contributed by atoms with van der Waals surface area (Å²) < 4.78 is 0. The molecule has 2 fully saturated rings. The molecule has 0 radical (unpaired) electrons. The van der Waals surface area contributed by atoms with Crippen LogP contribution in [0.4, 0.5) is 0 Å². The number of carbonyl (C=O) groups excluding carboxylic acids is 3. The summed E-state index contributed by atoms with van der Waals surface area (Å²) in [7, 11) is 0. The molecule has 2 aromatic rings. The molecule has 0 bridgehead atoms. The Morgan fingerprint density at radius 1 is 1.10 bits per heavy atom. The average Bonchev–Trinajstić information content (AvgIpc) is 3.37. The minimum atomic E-state index is -0.300. The van der Waals surface area contributed by atoms with Gasteiger partial charge >= 0.3 is 0 Å². The third-order valence-corrected chi connectivity index (χ3v) is 7.16. The Morgan fingerprint density at radius 2 is 1.77 bits per heavy atom. The lowest BCUT2D eigenvalue weighted by Crippen LogP contribution is -2.42. The summed E-state index contributed by atoms with van der Waals surface area (Å²) in [6.45, 7) is 1.96. The second-order valence-corrected chi connectivity index (χ2v) is 9.25. The van der Waals surface area contributed by atoms with Gasteiger partial charge in [-0.05, 0) is 41.8 Å². The van der Waals surface area contributed by atoms with Gasteiger partial charge in [0.1, 0.15) is 6.54 Å². The van der Waals surface area contributed by atoms with E-state index in [9.17, 15) is 14.4 Å². The zero-order valence-electron chi connectivity index (χ0n) is 17.3. The van der Waals surface area contributed by atoms with Gasteiger partial charge in [0.05, 0.1) is 17.9 Å². The van der Waals surface area contributed by atoms with E-state index in [1.165, 1.54) is 10.5 Å². The van der Waals surface area contributed by atoms with Crippen LogP contribution >= 0.6 is 11.3 Å². The van der Waals surface area contributed by atoms with E-state index in [1.54, 1.807) is 11.3 Å². The van der Waals surface area contributed by atoms with E-state index in [-0.39, 0.29) is 42.1 Å². The number of fused-ring (bicyclic) bond motifs is 1. The number of thiophene rings is 1. The number of imide groups is 1. The Bertz CT molecular complexity index is 883. The molecule has 0 spiro atoms. The van der Waals surface area contributed by atoms with Crippen LogP contribution in [0.2, 0.25) is 0 Å². The number of hydrogen-bond donors (Lipinski definition) is 1. The van der Waals surface area contributed by atoms with E-state index >= 15 is 0 Å². The van der Waals surface area contributed by atoms with E-state index < -0.39 is 0 Å². The predicted molar refractivity (Wildman–Crippen MR) is 117 cm³/mol. The van der Waals surface area contributed by atoms with Gasteiger partial charge in [0, 0.05) is 4.88 Å². The molecule has 1 saturated carbocycles. The highest BCUT2D eigenvalue weighted by Gasteiger charge is 2.48. The molecule has 3 unspecified atom stereocenters. The van der Waals surface area contributed by atoms with Crippen molar-refractivity contribution < 1.29 is 14.4 Å². The van der Waals surface area contributed by atoms with Gasteiger partial charge in [-0.2, -0.15) is 0 Å². The van der Waals surface area contributed by atoms with Gasteiger partial charge in [0.2, 0.25) is 17.7 Å². The summed E-state index contributed by atoms with van der Waals surface area (Å²) in [6, 6.07) is 12.0. The average molecular weight is 425 g/mol. The summed E-state index contributed by atoms with van der Waals surface area (Å²) in [6.07, 6.45) is 5.59. The van der Waals surface area contributed by atoms with E-state index in [4.69, 9.17) is 0 Å². The van der Waals surface area contributed by atoms with Crippen LogP contribution in [0.15, 0.2) is 41.8 Å². The second-order valence-electron chi connectivity index (χ2n) is 8.27. The molecule has 6 heteroatoms. The van der Waals surface area contributed by atoms with Crippen LogP contribution in [-0.2, 0) is 20.8 Å². The fraction of sp³-hybridized carbons (Fsp3) is 0.458. The first-order chi connectivity index (χ1) is 14.6. The molecule has 2 aliphatic rings. The molecule has 1 aromatic carbocycles. The molecule has 1 aromatic heterocycles. The first-order valence-electron chi connectivity index (χ1n) is 10.8. The molecule has 1 saturated heterocycles. The van der Waals surface area contributed by atoms with Crippen molar-refractivity contribution in [3.63, 3.8) is 0 Å². The number of aryl methyl sites for hydroxylation is 1. The Labute approximate surface area is 181 Å². The van der Waals surface area contributed by atoms with Crippen molar-refractivity contribution in [2.24, 2.45) is 11.8 Å². The zero-order valence-corrected chi connectivity index (χ0v) is 18.1. The zero-order chi connectivity index (χ0) is 21.1. The van der Waals surface area contributed by atoms with Crippen molar-refractivity contribution in [2.45, 2.75) is 51.5 Å². The van der Waals surface area contributed by atoms with E-state index in [2.05, 4.69) is 36.5 Å². The van der Waals surface area contributed by atoms with Crippen molar-refractivity contribution in [3.8, 4) is 0 Å². The highest BCUT2D eigenvalue weighted by Crippen LogP contribution is 2.38. The standard InChI is InChI=1S/C24H28N2O3S/c1-2-6-16-10-12-17(13-11-16)22(20-9-5-14-30-20)25-21(27)15-26-23(28)18-7-3-4-8-19(18)24(26)29/h5,9-14,18-19,22H,2-4,6-8,15H2,1H3,(H,25,27). The molecule has 30 heavy (non-hydrogen) atoms. The first-order valence-corrected chi connectivity index (χ1v) is 11.7. The van der Waals surface area contributed by atoms with Crippen LogP contribution in [0.25, 0.3) is 0 Å². The normalized spacial score (nSPS) is 22.1. The molecule has 3 amide bonds. The molecule has 158 valence electrons. The molecule has 4 rings (SSSR count). The number of hydrogen-bond acceptors (Lipinski definition) is 4. The topological polar surface area (TPSA) is 66.5 Å². The van der Waals surface area contributed by atoms with Crippen molar-refractivity contribution in [1.82, 2.24) is 10.2 Å². The van der Waals surface area contributed by atoms with E-state index in [1.807, 2.05) is 17.5 Å². The minimum absolute atomic E-state index is 0.170. The summed E-state index contributed by atoms with van der Waals surface area (Å²) in [5.41, 5.74) is 2.27. The maximum Gasteiger partial charge on any atom is 0.240 e. The number of carbonyl (C=O) groups is 3. The molecule has 3 atom stereocenters. The van der Waals surface area contributed by atoms with Gasteiger partial charge in [0.25, 0.3) is 0 Å². The SMILES string of the molecule is CCCc1ccc(C(NC(=O)CN2C(=O)C3CCCCC3C2=O)c2cccs2)cc1. The fourth-order valence-corrected chi connectivity index (χ4v) is 5.48. The Hall–Kier alpha value is -2.47. The van der Waals surface area contributed by atoms with Crippen LogP contribution < -0.4 is 5.32 Å². The van der Waals surface area contributed by atoms with Crippen molar-refractivity contribution in [1.29, 1.82) is 0 Å². The Balaban J connectivity index is 1.48. The molecular formula is C24H28N2O3S. The highest BCUT2D eigenvalue weighted by atomic mass is 32.1. The number of rotatable bonds is 7. The molecule has 1 N–H and O–H groups in total. The molecule has 1 aliphatic carbocycles. The smallest absolute Gasteiger partial charge is 0.240 e. The minimum Gasteiger partial charge on any atom is -0.343 e. The van der Waals surface area contributed by atoms with Crippen LogP contribution in [0.1, 0.15) is 61.1 Å². The van der Waals surface area contributed by atoms with Gasteiger partial charge in [-0.25, -0.2) is 0 Å². The summed E-state index contributed by atoms with van der Waals surface area (Å²) in [5, 5.41) is 5.05. The molecular weight excluding hydrogens is 396 g/mol. The van der Waals surface area contributed by atoms with Crippen molar-refractivity contribution in [3.05, 3.63) is 57.8 Å². The number of nitrogens with zero attached hydrogens (tertiary/aromatic N) is 1. The van der Waals surface area contributed by atoms with Crippen LogP contribution in [0, 0.1) is 11.8 Å². The molecule has 1 aliphatic heterocycles. The number of likely N-dealkylation sites (tertiary alicyclic amines) is 1. The van der Waals surface area contributed by atoms with E-state index in [0.29, 0.717) is 0 Å². The highest BCUT2D eigenvalue weighted by molar-refractivity contribution is 7.10. The van der Waals surface area contributed by atoms with Crippen LogP contribution in [0.3, 0.4) is 0 Å². The second kappa shape index (κ2) is 9.13. The Kier molecular flexibility index (Phi) is 6.32. The van der Waals surface area contributed by atoms with Crippen LogP contribution in [0.5, 0.6) is 0 Å². The lowest BCUT2D eigenvalue weighted by molar-refractivity contribution is -0.143. The lowest BCUT2D eigenvalue weighted by Gasteiger charge is -2.21. The monoisotopic (exact) mass is 424 g/mol. The van der Waals surface area contributed by atoms with Crippen molar-refractivity contribution in [2.75, 3.05) is 6.54 Å². The molecule has 2 heterocycles. The van der Waals surface area contributed by atoms with E-state index in [0.717, 1.165) is 49.0 Å². The summed E-state index contributed by atoms with van der Waals surface area (Å²) in [5.74, 6) is -1.09. The van der Waals surface area contributed by atoms with Gasteiger partial charge in [0.15, 0.2) is 0 Å². The first kappa shape index (κ1) is 20.8. The van der Waals surface area contributed by atoms with Gasteiger partial charge < -0.3 is 5.32 Å². The summed E-state index contributed by atoms with van der Waals surface area (Å²) >= 11 is 1.58. The van der Waals surface area contributed by atoms with Gasteiger partial charge in [-0.15, -0.1) is 11.3 Å². The van der Waals surface area contributed by atoms with Gasteiger partial charge in [-0.3, -0.25) is 19.3 Å². The quantitative estimate of drug-likeness (QED) is 0.681. The molecule has 5 nitrogen and oxygen atoms in total. The largest absolute Gasteiger partial charge is 0.343 e. The fourth-order valence-electron chi connectivity index (χ4n) is 4.68. The van der Waals surface area contributed by atoms with Crippen molar-refractivity contribution >= 4 is 29.1 Å². The number of amides is 3. The maximum atomic E-state index is 12.9. The summed E-state index contributed by atoms with van der Waals surface area (Å²) in [4.78, 5) is 40.5. The number of benzene rings is 1. The lowest BCUT2D eigenvalue weighted by atomic mass is 9.81.